The summed E-state index contributed by atoms with van der Waals surface area (Å²) in [5, 5.41) is 6.14. The smallest absolute Gasteiger partial charge is 0.256 e. The van der Waals surface area contributed by atoms with Crippen molar-refractivity contribution in [1.82, 2.24) is 25.3 Å². The van der Waals surface area contributed by atoms with Crippen molar-refractivity contribution in [2.75, 3.05) is 35.6 Å². The molecule has 2 aromatic heterocycles. The Balaban J connectivity index is 1.52. The third kappa shape index (κ3) is 5.02. The Kier molecular flexibility index (Phi) is 6.35. The molecule has 0 aliphatic carbocycles. The molecule has 9 heteroatoms. The summed E-state index contributed by atoms with van der Waals surface area (Å²) in [5.74, 6) is 1.14. The third-order valence-corrected chi connectivity index (χ3v) is 4.54. The third-order valence-electron chi connectivity index (χ3n) is 4.54. The molecule has 2 aromatic rings. The summed E-state index contributed by atoms with van der Waals surface area (Å²) in [6.45, 7) is 4.48. The Morgan fingerprint density at radius 2 is 2.00 bits per heavy atom. The average Bonchev–Trinajstić information content (AvgIpc) is 2.69. The van der Waals surface area contributed by atoms with Gasteiger partial charge in [-0.05, 0) is 25.3 Å². The number of carbonyl (C=O) groups is 1. The fourth-order valence-corrected chi connectivity index (χ4v) is 2.97. The minimum absolute atomic E-state index is 0.0826. The van der Waals surface area contributed by atoms with E-state index in [1.165, 1.54) is 6.20 Å². The fraction of sp³-hybridized carbons (Fsp3) is 0.500. The van der Waals surface area contributed by atoms with Crippen LogP contribution in [-0.2, 0) is 0 Å². The molecule has 0 atom stereocenters. The maximum absolute atomic E-state index is 12.5. The molecule has 0 saturated carbocycles. The normalized spacial score (nSPS) is 14.8. The minimum Gasteiger partial charge on any atom is -0.383 e. The predicted molar refractivity (Wildman–Crippen MR) is 105 cm³/mol. The number of unbranched alkanes of at least 4 members (excludes halogenated alkanes) is 1. The number of rotatable bonds is 7. The van der Waals surface area contributed by atoms with E-state index in [2.05, 4.69) is 42.4 Å². The van der Waals surface area contributed by atoms with Gasteiger partial charge < -0.3 is 21.3 Å². The van der Waals surface area contributed by atoms with Gasteiger partial charge in [0.05, 0.1) is 5.56 Å². The second-order valence-corrected chi connectivity index (χ2v) is 6.56. The summed E-state index contributed by atoms with van der Waals surface area (Å²) in [4.78, 5) is 31.6. The summed E-state index contributed by atoms with van der Waals surface area (Å²) in [6, 6.07) is 1.88. The lowest BCUT2D eigenvalue weighted by molar-refractivity contribution is 0.0931. The monoisotopic (exact) mass is 370 g/mol. The highest BCUT2D eigenvalue weighted by Crippen LogP contribution is 2.17. The first kappa shape index (κ1) is 18.8. The summed E-state index contributed by atoms with van der Waals surface area (Å²) < 4.78 is 0. The molecule has 3 heterocycles. The van der Waals surface area contributed by atoms with Crippen LogP contribution < -0.4 is 21.3 Å². The number of amides is 1. The fourth-order valence-electron chi connectivity index (χ4n) is 2.97. The maximum Gasteiger partial charge on any atom is 0.256 e. The van der Waals surface area contributed by atoms with E-state index >= 15 is 0 Å². The lowest BCUT2D eigenvalue weighted by Crippen LogP contribution is -2.45. The van der Waals surface area contributed by atoms with Gasteiger partial charge in [0, 0.05) is 44.3 Å². The van der Waals surface area contributed by atoms with Gasteiger partial charge in [-0.15, -0.1) is 0 Å². The molecule has 1 amide bonds. The van der Waals surface area contributed by atoms with Crippen LogP contribution in [0.15, 0.2) is 24.7 Å². The van der Waals surface area contributed by atoms with E-state index in [9.17, 15) is 4.79 Å². The molecule has 4 N–H and O–H groups in total. The van der Waals surface area contributed by atoms with Crippen LogP contribution in [0.2, 0.25) is 0 Å². The van der Waals surface area contributed by atoms with Gasteiger partial charge in [0.1, 0.15) is 5.82 Å². The topological polar surface area (TPSA) is 122 Å². The van der Waals surface area contributed by atoms with Gasteiger partial charge in [0.15, 0.2) is 0 Å². The van der Waals surface area contributed by atoms with Crippen LogP contribution in [-0.4, -0.2) is 51.5 Å². The molecular weight excluding hydrogens is 344 g/mol. The van der Waals surface area contributed by atoms with Crippen molar-refractivity contribution < 1.29 is 4.79 Å². The van der Waals surface area contributed by atoms with E-state index < -0.39 is 0 Å². The van der Waals surface area contributed by atoms with E-state index in [0.717, 1.165) is 51.3 Å². The van der Waals surface area contributed by atoms with Crippen LogP contribution in [0.5, 0.6) is 0 Å². The standard InChI is InChI=1S/C18H26N8O/c1-2-3-7-20-17-23-12-14(15(19)25-17)16(27)24-13-5-10-26(11-6-13)18-21-8-4-9-22-18/h4,8-9,12-13H,2-3,5-7,10-11H2,1H3,(H,24,27)(H3,19,20,23,25). The minimum atomic E-state index is -0.234. The van der Waals surface area contributed by atoms with Crippen LogP contribution >= 0.6 is 0 Å². The van der Waals surface area contributed by atoms with Crippen LogP contribution in [0.1, 0.15) is 43.0 Å². The highest BCUT2D eigenvalue weighted by molar-refractivity contribution is 5.98. The van der Waals surface area contributed by atoms with E-state index in [-0.39, 0.29) is 17.8 Å². The largest absolute Gasteiger partial charge is 0.383 e. The highest BCUT2D eigenvalue weighted by atomic mass is 16.1. The molecule has 0 aromatic carbocycles. The first-order valence-electron chi connectivity index (χ1n) is 9.36. The van der Waals surface area contributed by atoms with Gasteiger partial charge in [-0.25, -0.2) is 15.0 Å². The van der Waals surface area contributed by atoms with Crippen molar-refractivity contribution in [3.63, 3.8) is 0 Å². The van der Waals surface area contributed by atoms with E-state index in [0.29, 0.717) is 11.5 Å². The molecule has 1 saturated heterocycles. The van der Waals surface area contributed by atoms with Crippen LogP contribution in [0.25, 0.3) is 0 Å². The van der Waals surface area contributed by atoms with E-state index in [4.69, 9.17) is 5.73 Å². The maximum atomic E-state index is 12.5. The number of nitrogens with two attached hydrogens (primary N) is 1. The van der Waals surface area contributed by atoms with Crippen LogP contribution in [0.3, 0.4) is 0 Å². The number of aromatic nitrogens is 4. The number of nitrogens with one attached hydrogen (secondary N) is 2. The lowest BCUT2D eigenvalue weighted by Gasteiger charge is -2.32. The molecule has 1 aliphatic heterocycles. The Hall–Kier alpha value is -2.97. The number of hydrogen-bond acceptors (Lipinski definition) is 8. The van der Waals surface area contributed by atoms with Crippen molar-refractivity contribution in [3.05, 3.63) is 30.2 Å². The van der Waals surface area contributed by atoms with E-state index in [1.54, 1.807) is 18.5 Å². The Labute approximate surface area is 158 Å². The summed E-state index contributed by atoms with van der Waals surface area (Å²) in [5.41, 5.74) is 6.26. The summed E-state index contributed by atoms with van der Waals surface area (Å²) in [6.07, 6.45) is 8.71. The number of piperidine rings is 1. The van der Waals surface area contributed by atoms with Crippen LogP contribution in [0, 0.1) is 0 Å². The van der Waals surface area contributed by atoms with Gasteiger partial charge in [0.2, 0.25) is 11.9 Å². The first-order valence-corrected chi connectivity index (χ1v) is 9.36. The first-order chi connectivity index (χ1) is 13.2. The second kappa shape index (κ2) is 9.11. The number of nitrogens with zero attached hydrogens (tertiary/aromatic N) is 5. The number of hydrogen-bond donors (Lipinski definition) is 3. The molecule has 0 spiro atoms. The van der Waals surface area contributed by atoms with Gasteiger partial charge in [-0.2, -0.15) is 4.98 Å². The number of anilines is 3. The highest BCUT2D eigenvalue weighted by Gasteiger charge is 2.23. The molecule has 0 radical (unpaired) electrons. The predicted octanol–water partition coefficient (Wildman–Crippen LogP) is 1.46. The average molecular weight is 370 g/mol. The van der Waals surface area contributed by atoms with Gasteiger partial charge in [-0.3, -0.25) is 4.79 Å². The zero-order chi connectivity index (χ0) is 19.1. The second-order valence-electron chi connectivity index (χ2n) is 6.56. The zero-order valence-electron chi connectivity index (χ0n) is 15.6. The molecule has 3 rings (SSSR count). The van der Waals surface area contributed by atoms with Crippen LogP contribution in [0.4, 0.5) is 17.7 Å². The molecule has 1 aliphatic rings. The number of carbonyl (C=O) groups excluding carboxylic acids is 1. The molecule has 1 fully saturated rings. The van der Waals surface area contributed by atoms with Crippen molar-refractivity contribution in [1.29, 1.82) is 0 Å². The molecule has 0 unspecified atom stereocenters. The lowest BCUT2D eigenvalue weighted by atomic mass is 10.0. The van der Waals surface area contributed by atoms with Gasteiger partial charge in [-0.1, -0.05) is 13.3 Å². The summed E-state index contributed by atoms with van der Waals surface area (Å²) in [7, 11) is 0. The molecule has 0 bridgehead atoms. The van der Waals surface area contributed by atoms with E-state index in [1.807, 2.05) is 0 Å². The van der Waals surface area contributed by atoms with Gasteiger partial charge >= 0.3 is 0 Å². The molecule has 9 nitrogen and oxygen atoms in total. The quantitative estimate of drug-likeness (QED) is 0.626. The Morgan fingerprint density at radius 3 is 2.67 bits per heavy atom. The molecular formula is C18H26N8O. The Bertz CT molecular complexity index is 746. The molecule has 27 heavy (non-hydrogen) atoms. The zero-order valence-corrected chi connectivity index (χ0v) is 15.6. The van der Waals surface area contributed by atoms with Crippen molar-refractivity contribution in [2.45, 2.75) is 38.6 Å². The van der Waals surface area contributed by atoms with Crippen molar-refractivity contribution in [2.24, 2.45) is 0 Å². The summed E-state index contributed by atoms with van der Waals surface area (Å²) >= 11 is 0. The molecule has 144 valence electrons. The Morgan fingerprint density at radius 1 is 1.26 bits per heavy atom. The SMILES string of the molecule is CCCCNc1ncc(C(=O)NC2CCN(c3ncccn3)CC2)c(N)n1. The van der Waals surface area contributed by atoms with Crippen molar-refractivity contribution in [3.8, 4) is 0 Å². The van der Waals surface area contributed by atoms with Crippen molar-refractivity contribution >= 4 is 23.6 Å². The number of nitrogen functional groups attached to an aromatic ring is 1. The van der Waals surface area contributed by atoms with Gasteiger partial charge in [0.25, 0.3) is 5.91 Å².